The fraction of sp³-hybridized carbons (Fsp3) is 0.588. The van der Waals surface area contributed by atoms with Crippen molar-refractivity contribution in [1.82, 2.24) is 10.2 Å². The molecule has 3 rings (SSSR count). The van der Waals surface area contributed by atoms with Crippen molar-refractivity contribution in [1.29, 1.82) is 0 Å². The molecule has 1 N–H and O–H groups in total. The first-order valence-corrected chi connectivity index (χ1v) is 8.32. The van der Waals surface area contributed by atoms with Gasteiger partial charge in [0.15, 0.2) is 0 Å². The summed E-state index contributed by atoms with van der Waals surface area (Å²) in [7, 11) is 0. The zero-order valence-corrected chi connectivity index (χ0v) is 14.6. The fourth-order valence-corrected chi connectivity index (χ4v) is 3.81. The third-order valence-corrected chi connectivity index (χ3v) is 5.42. The minimum absolute atomic E-state index is 0. The van der Waals surface area contributed by atoms with Crippen LogP contribution in [0.2, 0.25) is 5.02 Å². The van der Waals surface area contributed by atoms with Gasteiger partial charge in [-0.05, 0) is 56.7 Å². The van der Waals surface area contributed by atoms with Gasteiger partial charge >= 0.3 is 0 Å². The number of hydrogen-bond donors (Lipinski definition) is 1. The molecular formula is C17H24Cl2N2O. The molecule has 1 aromatic rings. The molecule has 1 amide bonds. The van der Waals surface area contributed by atoms with Gasteiger partial charge in [0.25, 0.3) is 5.91 Å². The van der Waals surface area contributed by atoms with Gasteiger partial charge in [-0.3, -0.25) is 4.79 Å². The van der Waals surface area contributed by atoms with Crippen LogP contribution >= 0.6 is 24.0 Å². The zero-order valence-electron chi connectivity index (χ0n) is 13.0. The second-order valence-corrected chi connectivity index (χ2v) is 6.65. The Kier molecular flexibility index (Phi) is 6.13. The van der Waals surface area contributed by atoms with E-state index in [0.717, 1.165) is 44.0 Å². The van der Waals surface area contributed by atoms with Gasteiger partial charge < -0.3 is 10.2 Å². The van der Waals surface area contributed by atoms with Crippen LogP contribution in [0.1, 0.15) is 41.6 Å². The van der Waals surface area contributed by atoms with Gasteiger partial charge in [-0.25, -0.2) is 0 Å². The second kappa shape index (κ2) is 7.67. The Morgan fingerprint density at radius 1 is 1.27 bits per heavy atom. The van der Waals surface area contributed by atoms with E-state index in [-0.39, 0.29) is 18.3 Å². The van der Waals surface area contributed by atoms with Crippen LogP contribution in [0.4, 0.5) is 0 Å². The molecule has 0 radical (unpaired) electrons. The first-order chi connectivity index (χ1) is 10.2. The maximum atomic E-state index is 12.6. The van der Waals surface area contributed by atoms with E-state index in [2.05, 4.69) is 5.32 Å². The molecule has 0 spiro atoms. The number of amides is 1. The Bertz CT molecular complexity index is 521. The summed E-state index contributed by atoms with van der Waals surface area (Å²) in [5.41, 5.74) is 1.61. The summed E-state index contributed by atoms with van der Waals surface area (Å²) in [5.74, 6) is 0.811. The largest absolute Gasteiger partial charge is 0.339 e. The number of nitrogens with one attached hydrogen (secondary N) is 1. The van der Waals surface area contributed by atoms with Gasteiger partial charge in [0.2, 0.25) is 0 Å². The molecule has 0 saturated carbocycles. The van der Waals surface area contributed by atoms with Gasteiger partial charge in [-0.2, -0.15) is 0 Å². The number of halogens is 2. The highest BCUT2D eigenvalue weighted by molar-refractivity contribution is 6.34. The van der Waals surface area contributed by atoms with Crippen LogP contribution in [-0.2, 0) is 0 Å². The molecule has 0 aromatic heterocycles. The number of likely N-dealkylation sites (tertiary alicyclic amines) is 1. The zero-order chi connectivity index (χ0) is 14.8. The molecule has 1 aromatic carbocycles. The lowest BCUT2D eigenvalue weighted by Crippen LogP contribution is -2.43. The van der Waals surface area contributed by atoms with Gasteiger partial charge in [0, 0.05) is 19.1 Å². The number of rotatable bonds is 2. The van der Waals surface area contributed by atoms with Crippen LogP contribution in [-0.4, -0.2) is 36.5 Å². The number of carbonyl (C=O) groups excluding carboxylic acids is 1. The summed E-state index contributed by atoms with van der Waals surface area (Å²) >= 11 is 6.28. The predicted octanol–water partition coefficient (Wildman–Crippen LogP) is 3.67. The van der Waals surface area contributed by atoms with E-state index < -0.39 is 0 Å². The maximum absolute atomic E-state index is 12.6. The van der Waals surface area contributed by atoms with Crippen molar-refractivity contribution in [3.8, 4) is 0 Å². The number of aryl methyl sites for hydroxylation is 1. The quantitative estimate of drug-likeness (QED) is 0.889. The normalized spacial score (nSPS) is 22.5. The first kappa shape index (κ1) is 17.6. The predicted molar refractivity (Wildman–Crippen MR) is 93.1 cm³/mol. The van der Waals surface area contributed by atoms with Gasteiger partial charge in [0.05, 0.1) is 10.6 Å². The summed E-state index contributed by atoms with van der Waals surface area (Å²) in [6.45, 7) is 4.80. The molecule has 2 fully saturated rings. The van der Waals surface area contributed by atoms with E-state index in [1.54, 1.807) is 0 Å². The highest BCUT2D eigenvalue weighted by Crippen LogP contribution is 2.28. The van der Waals surface area contributed by atoms with Crippen LogP contribution in [0.15, 0.2) is 18.2 Å². The third kappa shape index (κ3) is 3.58. The Labute approximate surface area is 143 Å². The average molecular weight is 343 g/mol. The van der Waals surface area contributed by atoms with E-state index in [4.69, 9.17) is 11.6 Å². The van der Waals surface area contributed by atoms with Gasteiger partial charge in [0.1, 0.15) is 0 Å². The smallest absolute Gasteiger partial charge is 0.255 e. The Morgan fingerprint density at radius 3 is 2.64 bits per heavy atom. The Balaban J connectivity index is 0.00000176. The van der Waals surface area contributed by atoms with E-state index in [1.807, 2.05) is 30.0 Å². The molecule has 2 saturated heterocycles. The summed E-state index contributed by atoms with van der Waals surface area (Å²) in [4.78, 5) is 14.6. The molecule has 2 heterocycles. The van der Waals surface area contributed by atoms with E-state index in [9.17, 15) is 4.79 Å². The number of piperidine rings is 1. The minimum Gasteiger partial charge on any atom is -0.339 e. The van der Waals surface area contributed by atoms with Crippen molar-refractivity contribution in [3.05, 3.63) is 34.3 Å². The summed E-state index contributed by atoms with van der Waals surface area (Å²) in [6.07, 6.45) is 4.80. The highest BCUT2D eigenvalue weighted by atomic mass is 35.5. The molecular weight excluding hydrogens is 319 g/mol. The molecule has 0 aliphatic carbocycles. The van der Waals surface area contributed by atoms with Gasteiger partial charge in [-0.1, -0.05) is 23.7 Å². The van der Waals surface area contributed by atoms with Crippen molar-refractivity contribution < 1.29 is 4.79 Å². The van der Waals surface area contributed by atoms with Crippen LogP contribution in [0.3, 0.4) is 0 Å². The Hall–Kier alpha value is -0.770. The Morgan fingerprint density at radius 2 is 2.00 bits per heavy atom. The molecule has 3 nitrogen and oxygen atoms in total. The SMILES string of the molecule is Cc1cccc(C(=O)N2CCC(C3CCCN3)CC2)c1Cl.Cl. The summed E-state index contributed by atoms with van der Waals surface area (Å²) in [6, 6.07) is 6.35. The molecule has 1 unspecified atom stereocenters. The molecule has 1 atom stereocenters. The lowest BCUT2D eigenvalue weighted by atomic mass is 9.88. The lowest BCUT2D eigenvalue weighted by Gasteiger charge is -2.35. The molecule has 5 heteroatoms. The summed E-state index contributed by atoms with van der Waals surface area (Å²) in [5, 5.41) is 4.19. The molecule has 2 aliphatic heterocycles. The average Bonchev–Trinajstić information content (AvgIpc) is 3.04. The minimum atomic E-state index is 0. The molecule has 22 heavy (non-hydrogen) atoms. The van der Waals surface area contributed by atoms with Crippen molar-refractivity contribution in [2.45, 2.75) is 38.6 Å². The van der Waals surface area contributed by atoms with Crippen molar-refractivity contribution >= 4 is 29.9 Å². The van der Waals surface area contributed by atoms with Crippen LogP contribution in [0.5, 0.6) is 0 Å². The number of hydrogen-bond acceptors (Lipinski definition) is 2. The van der Waals surface area contributed by atoms with Crippen molar-refractivity contribution in [3.63, 3.8) is 0 Å². The van der Waals surface area contributed by atoms with Crippen molar-refractivity contribution in [2.24, 2.45) is 5.92 Å². The number of benzene rings is 1. The monoisotopic (exact) mass is 342 g/mol. The molecule has 0 bridgehead atoms. The third-order valence-electron chi connectivity index (χ3n) is 4.92. The highest BCUT2D eigenvalue weighted by Gasteiger charge is 2.30. The summed E-state index contributed by atoms with van der Waals surface area (Å²) < 4.78 is 0. The van der Waals surface area contributed by atoms with E-state index >= 15 is 0 Å². The van der Waals surface area contributed by atoms with Crippen molar-refractivity contribution in [2.75, 3.05) is 19.6 Å². The fourth-order valence-electron chi connectivity index (χ4n) is 3.60. The molecule has 2 aliphatic rings. The lowest BCUT2D eigenvalue weighted by molar-refractivity contribution is 0.0674. The standard InChI is InChI=1S/C17H23ClN2O.ClH/c1-12-4-2-5-14(16(12)18)17(21)20-10-7-13(8-11-20)15-6-3-9-19-15;/h2,4-5,13,15,19H,3,6-11H2,1H3;1H. The maximum Gasteiger partial charge on any atom is 0.255 e. The first-order valence-electron chi connectivity index (χ1n) is 7.94. The molecule has 122 valence electrons. The number of nitrogens with zero attached hydrogens (tertiary/aromatic N) is 1. The van der Waals surface area contributed by atoms with Crippen LogP contribution < -0.4 is 5.32 Å². The van der Waals surface area contributed by atoms with E-state index in [0.29, 0.717) is 16.6 Å². The van der Waals surface area contributed by atoms with Crippen LogP contribution in [0.25, 0.3) is 0 Å². The number of carbonyl (C=O) groups is 1. The topological polar surface area (TPSA) is 32.3 Å². The van der Waals surface area contributed by atoms with Gasteiger partial charge in [-0.15, -0.1) is 12.4 Å². The second-order valence-electron chi connectivity index (χ2n) is 6.27. The van der Waals surface area contributed by atoms with E-state index in [1.165, 1.54) is 12.8 Å². The van der Waals surface area contributed by atoms with Crippen LogP contribution in [0, 0.1) is 12.8 Å².